The van der Waals surface area contributed by atoms with Crippen molar-refractivity contribution in [3.05, 3.63) is 57.6 Å². The third-order valence-electron chi connectivity index (χ3n) is 9.43. The van der Waals surface area contributed by atoms with Crippen LogP contribution in [0.1, 0.15) is 155 Å². The minimum absolute atomic E-state index is 0.0522. The predicted octanol–water partition coefficient (Wildman–Crippen LogP) is 11.5. The van der Waals surface area contributed by atoms with Crippen LogP contribution in [0.4, 0.5) is 0 Å². The molecule has 43 heavy (non-hydrogen) atoms. The molecule has 1 saturated carbocycles. The SMILES string of the molecule is CC(C)(C)c1cc(C[S]2=[Hf]=[S](Cc3cc(C(C)(C)C)cc(C(C)(C)C)c3O)[C@H]3CCCCCCC32)c(O)c(C(C)(C)C)c1. The molecule has 240 valence electrons. The second-order valence-corrected chi connectivity index (χ2v) is 38.2. The number of aromatic hydroxyl groups is 2. The molecule has 1 aliphatic heterocycles. The van der Waals surface area contributed by atoms with Gasteiger partial charge in [0.15, 0.2) is 0 Å². The summed E-state index contributed by atoms with van der Waals surface area (Å²) in [5.41, 5.74) is 7.28. The molecule has 2 aromatic rings. The Kier molecular flexibility index (Phi) is 10.7. The fourth-order valence-electron chi connectivity index (χ4n) is 6.56. The van der Waals surface area contributed by atoms with Gasteiger partial charge < -0.3 is 0 Å². The molecular weight excluding hydrogens is 731 g/mol. The van der Waals surface area contributed by atoms with E-state index < -0.39 is 18.9 Å². The van der Waals surface area contributed by atoms with Gasteiger partial charge >= 0.3 is 278 Å². The zero-order valence-electron chi connectivity index (χ0n) is 29.3. The average molecular weight is 792 g/mol. The molecule has 0 radical (unpaired) electrons. The molecule has 5 heteroatoms. The van der Waals surface area contributed by atoms with Crippen LogP contribution in [0.2, 0.25) is 0 Å². The summed E-state index contributed by atoms with van der Waals surface area (Å²) in [5.74, 6) is 3.29. The summed E-state index contributed by atoms with van der Waals surface area (Å²) < 4.78 is 0. The van der Waals surface area contributed by atoms with E-state index in [1.807, 2.05) is 0 Å². The van der Waals surface area contributed by atoms with Crippen molar-refractivity contribution in [1.29, 1.82) is 0 Å². The second-order valence-electron chi connectivity index (χ2n) is 17.4. The molecule has 3 unspecified atom stereocenters. The number of phenolic OH excluding ortho intramolecular Hbond substituents is 2. The van der Waals surface area contributed by atoms with Gasteiger partial charge in [-0.25, -0.2) is 0 Å². The van der Waals surface area contributed by atoms with Crippen molar-refractivity contribution in [2.24, 2.45) is 0 Å². The summed E-state index contributed by atoms with van der Waals surface area (Å²) in [4.78, 5) is 0. The van der Waals surface area contributed by atoms with E-state index in [1.165, 1.54) is 60.8 Å². The molecule has 2 nitrogen and oxygen atoms in total. The van der Waals surface area contributed by atoms with Crippen LogP contribution in [0, 0.1) is 0 Å². The molecule has 2 aliphatic rings. The van der Waals surface area contributed by atoms with Gasteiger partial charge in [0.05, 0.1) is 0 Å². The minimum atomic E-state index is -1.07. The molecule has 2 N–H and O–H groups in total. The van der Waals surface area contributed by atoms with Gasteiger partial charge in [-0.1, -0.05) is 0 Å². The van der Waals surface area contributed by atoms with Crippen molar-refractivity contribution < 1.29 is 29.1 Å². The number of hydrogen-bond acceptors (Lipinski definition) is 2. The summed E-state index contributed by atoms with van der Waals surface area (Å²) >= 11 is -1.07. The molecule has 0 saturated heterocycles. The summed E-state index contributed by atoms with van der Waals surface area (Å²) in [6.07, 6.45) is 8.24. The number of rotatable bonds is 4. The van der Waals surface area contributed by atoms with Gasteiger partial charge in [-0.05, 0) is 0 Å². The van der Waals surface area contributed by atoms with E-state index in [2.05, 4.69) is 107 Å². The van der Waals surface area contributed by atoms with E-state index in [0.29, 0.717) is 25.9 Å². The van der Waals surface area contributed by atoms with Gasteiger partial charge in [0, 0.05) is 0 Å². The van der Waals surface area contributed by atoms with Crippen molar-refractivity contribution in [3.8, 4) is 11.5 Å². The summed E-state index contributed by atoms with van der Waals surface area (Å²) in [5, 5.41) is 25.1. The fourth-order valence-corrected chi connectivity index (χ4v) is 45.6. The molecule has 1 aliphatic carbocycles. The van der Waals surface area contributed by atoms with E-state index in [4.69, 9.17) is 0 Å². The van der Waals surface area contributed by atoms with E-state index in [1.54, 1.807) is 0 Å². The molecular formula is C38H60HfO2S2. The third kappa shape index (κ3) is 8.31. The molecule has 0 bridgehead atoms. The number of benzene rings is 2. The van der Waals surface area contributed by atoms with Gasteiger partial charge in [0.1, 0.15) is 0 Å². The molecule has 2 aromatic carbocycles. The van der Waals surface area contributed by atoms with Crippen LogP contribution in [-0.2, 0) is 52.0 Å². The first-order valence-electron chi connectivity index (χ1n) is 16.6. The van der Waals surface area contributed by atoms with E-state index in [-0.39, 0.29) is 21.7 Å². The van der Waals surface area contributed by atoms with Crippen LogP contribution in [0.3, 0.4) is 0 Å². The molecule has 4 rings (SSSR count). The Balaban J connectivity index is 1.86. The van der Waals surface area contributed by atoms with Crippen LogP contribution >= 0.6 is 14.4 Å². The maximum atomic E-state index is 11.7. The first-order valence-corrected chi connectivity index (χ1v) is 28.3. The Labute approximate surface area is 276 Å². The predicted molar refractivity (Wildman–Crippen MR) is 189 cm³/mol. The van der Waals surface area contributed by atoms with Crippen molar-refractivity contribution in [1.82, 2.24) is 0 Å². The Bertz CT molecular complexity index is 1310. The molecule has 0 aromatic heterocycles. The standard InChI is InChI=1S/C38H60O2S2.Hf/c1-35(2,3)27-19-25(33(39)29(21-27)37(7,8)9)23-41-31-17-15-13-14-16-18-32(31)42-24-26-20-28(36(4,5)6)22-30(34(26)40)38(10,11)12;/h19-22,31-32,39-40H,13-18,23-24H2,1-12H3;/t31-,32?;/m0./s1. The maximum absolute atomic E-state index is 11.7. The Morgan fingerprint density at radius 2 is 0.907 bits per heavy atom. The van der Waals surface area contributed by atoms with E-state index in [9.17, 15) is 10.2 Å². The molecule has 1 heterocycles. The van der Waals surface area contributed by atoms with Crippen molar-refractivity contribution in [2.45, 2.75) is 165 Å². The first-order chi connectivity index (χ1) is 19.7. The number of hydrogen-bond donors (Lipinski definition) is 2. The molecule has 1 fully saturated rings. The van der Waals surface area contributed by atoms with Gasteiger partial charge in [-0.3, -0.25) is 0 Å². The van der Waals surface area contributed by atoms with Crippen LogP contribution in [-0.4, -0.2) is 20.7 Å². The van der Waals surface area contributed by atoms with Crippen LogP contribution < -0.4 is 0 Å². The Morgan fingerprint density at radius 1 is 0.558 bits per heavy atom. The zero-order chi connectivity index (χ0) is 32.1. The topological polar surface area (TPSA) is 40.5 Å². The normalized spacial score (nSPS) is 23.6. The monoisotopic (exact) mass is 792 g/mol. The van der Waals surface area contributed by atoms with Gasteiger partial charge in [-0.2, -0.15) is 0 Å². The Hall–Kier alpha value is -0.390. The zero-order valence-corrected chi connectivity index (χ0v) is 34.6. The van der Waals surface area contributed by atoms with Gasteiger partial charge in [0.2, 0.25) is 0 Å². The number of fused-ring (bicyclic) bond motifs is 1. The van der Waals surface area contributed by atoms with E-state index in [0.717, 1.165) is 33.1 Å². The van der Waals surface area contributed by atoms with Crippen LogP contribution in [0.15, 0.2) is 24.3 Å². The average Bonchev–Trinajstić information content (AvgIpc) is 3.12. The third-order valence-corrected chi connectivity index (χ3v) is 38.6. The quantitative estimate of drug-likeness (QED) is 0.303. The Morgan fingerprint density at radius 3 is 1.21 bits per heavy atom. The molecule has 4 atom stereocenters. The summed E-state index contributed by atoms with van der Waals surface area (Å²) in [6.45, 7) is 27.2. The molecule has 0 spiro atoms. The first kappa shape index (κ1) is 35.5. The van der Waals surface area contributed by atoms with Crippen molar-refractivity contribution in [2.75, 3.05) is 0 Å². The number of phenols is 2. The summed E-state index contributed by atoms with van der Waals surface area (Å²) in [6, 6.07) is 9.28. The second kappa shape index (κ2) is 13.0. The van der Waals surface area contributed by atoms with Crippen LogP contribution in [0.25, 0.3) is 0 Å². The summed E-state index contributed by atoms with van der Waals surface area (Å²) in [7, 11) is 0.832. The van der Waals surface area contributed by atoms with Gasteiger partial charge in [0.25, 0.3) is 0 Å². The van der Waals surface area contributed by atoms with Gasteiger partial charge in [-0.15, -0.1) is 0 Å². The van der Waals surface area contributed by atoms with Crippen LogP contribution in [0.5, 0.6) is 11.5 Å². The van der Waals surface area contributed by atoms with Crippen molar-refractivity contribution in [3.63, 3.8) is 0 Å². The van der Waals surface area contributed by atoms with E-state index >= 15 is 0 Å². The van der Waals surface area contributed by atoms with Crippen molar-refractivity contribution >= 4 is 14.4 Å². The fraction of sp³-hybridized carbons (Fsp3) is 0.684. The molecule has 0 amide bonds.